The second-order valence-electron chi connectivity index (χ2n) is 8.38. The van der Waals surface area contributed by atoms with Gasteiger partial charge in [-0.1, -0.05) is 72.8 Å². The first-order valence-corrected chi connectivity index (χ1v) is 13.4. The molecule has 1 atom stereocenters. The lowest BCUT2D eigenvalue weighted by Gasteiger charge is -2.22. The van der Waals surface area contributed by atoms with Crippen LogP contribution in [0.25, 0.3) is 6.08 Å². The quantitative estimate of drug-likeness (QED) is 0.399. The number of esters is 1. The van der Waals surface area contributed by atoms with E-state index in [-0.39, 0.29) is 0 Å². The minimum Gasteiger partial charge on any atom is -0.497 e. The summed E-state index contributed by atoms with van der Waals surface area (Å²) in [7, 11) is -2.30. The second kappa shape index (κ2) is 12.3. The number of rotatable bonds is 10. The number of carbonyl (C=O) groups is 2. The summed E-state index contributed by atoms with van der Waals surface area (Å²) < 4.78 is 36.8. The minimum atomic E-state index is -3.88. The van der Waals surface area contributed by atoms with Crippen LogP contribution >= 0.6 is 0 Å². The highest BCUT2D eigenvalue weighted by Crippen LogP contribution is 2.33. The third-order valence-electron chi connectivity index (χ3n) is 5.79. The highest BCUT2D eigenvalue weighted by atomic mass is 32.2. The lowest BCUT2D eigenvalue weighted by Crippen LogP contribution is -2.34. The average molecular weight is 534 g/mol. The summed E-state index contributed by atoms with van der Waals surface area (Å²) in [6.45, 7) is -1.20. The molecule has 0 saturated carbocycles. The van der Waals surface area contributed by atoms with Crippen LogP contribution in [0.15, 0.2) is 95.4 Å². The van der Waals surface area contributed by atoms with E-state index in [9.17, 15) is 18.0 Å². The van der Waals surface area contributed by atoms with Crippen molar-refractivity contribution in [2.45, 2.75) is 12.5 Å². The van der Waals surface area contributed by atoms with Crippen LogP contribution in [-0.4, -0.2) is 51.3 Å². The van der Waals surface area contributed by atoms with Gasteiger partial charge in [0.25, 0.3) is 5.91 Å². The maximum atomic E-state index is 13.1. The van der Waals surface area contributed by atoms with Crippen molar-refractivity contribution in [2.24, 2.45) is 5.10 Å². The first-order valence-electron chi connectivity index (χ1n) is 11.8. The molecule has 10 heteroatoms. The molecule has 3 aromatic rings. The summed E-state index contributed by atoms with van der Waals surface area (Å²) in [5.74, 6) is -0.733. The van der Waals surface area contributed by atoms with E-state index in [1.54, 1.807) is 43.5 Å². The molecule has 0 bridgehead atoms. The minimum absolute atomic E-state index is 0.399. The van der Waals surface area contributed by atoms with Crippen molar-refractivity contribution in [3.05, 3.63) is 107 Å². The van der Waals surface area contributed by atoms with E-state index in [0.717, 1.165) is 22.2 Å². The average Bonchev–Trinajstić information content (AvgIpc) is 3.41. The van der Waals surface area contributed by atoms with Crippen molar-refractivity contribution in [3.63, 3.8) is 0 Å². The van der Waals surface area contributed by atoms with Crippen molar-refractivity contribution in [2.75, 3.05) is 20.3 Å². The van der Waals surface area contributed by atoms with Gasteiger partial charge in [-0.2, -0.15) is 5.10 Å². The predicted molar refractivity (Wildman–Crippen MR) is 144 cm³/mol. The summed E-state index contributed by atoms with van der Waals surface area (Å²) in [5, 5.41) is 6.80. The molecular weight excluding hydrogens is 506 g/mol. The van der Waals surface area contributed by atoms with Crippen molar-refractivity contribution in [3.8, 4) is 5.75 Å². The Labute approximate surface area is 221 Å². The molecule has 1 aliphatic heterocycles. The van der Waals surface area contributed by atoms with Gasteiger partial charge in [-0.15, -0.1) is 0 Å². The van der Waals surface area contributed by atoms with Gasteiger partial charge < -0.3 is 9.47 Å². The zero-order valence-electron chi connectivity index (χ0n) is 20.7. The van der Waals surface area contributed by atoms with Gasteiger partial charge in [0, 0.05) is 11.8 Å². The number of benzene rings is 3. The second-order valence-corrected chi connectivity index (χ2v) is 10.0. The van der Waals surface area contributed by atoms with Gasteiger partial charge in [-0.3, -0.25) is 9.59 Å². The molecule has 3 aromatic carbocycles. The highest BCUT2D eigenvalue weighted by molar-refractivity contribution is 7.92. The molecule has 0 spiro atoms. The number of hydrazone groups is 1. The number of hydrogen-bond acceptors (Lipinski definition) is 7. The molecule has 196 valence electrons. The van der Waals surface area contributed by atoms with Gasteiger partial charge in [0.05, 0.1) is 18.9 Å². The lowest BCUT2D eigenvalue weighted by molar-refractivity contribution is -0.151. The Morgan fingerprint density at radius 3 is 2.32 bits per heavy atom. The standard InChI is InChI=1S/C28H27N3O6S/c1-36-24-14-12-23(13-15-24)26-18-25(22-10-6-3-7-11-22)30-31(26)27(32)20-37-28(33)19-29-38(34,35)17-16-21-8-4-2-5-9-21/h2-17,26,29H,18-20H2,1H3/b17-16+/t26-/m0/s1. The summed E-state index contributed by atoms with van der Waals surface area (Å²) in [6, 6.07) is 25.3. The van der Waals surface area contributed by atoms with Crippen LogP contribution in [0.2, 0.25) is 0 Å². The van der Waals surface area contributed by atoms with E-state index in [1.807, 2.05) is 48.5 Å². The molecule has 0 radical (unpaired) electrons. The van der Waals surface area contributed by atoms with Crippen LogP contribution in [0.3, 0.4) is 0 Å². The monoisotopic (exact) mass is 533 g/mol. The fraction of sp³-hybridized carbons (Fsp3) is 0.179. The number of carbonyl (C=O) groups excluding carboxylic acids is 2. The smallest absolute Gasteiger partial charge is 0.321 e. The number of amides is 1. The van der Waals surface area contributed by atoms with Gasteiger partial charge >= 0.3 is 5.97 Å². The zero-order valence-corrected chi connectivity index (χ0v) is 21.5. The Kier molecular flexibility index (Phi) is 8.67. The number of nitrogens with zero attached hydrogens (tertiary/aromatic N) is 2. The fourth-order valence-corrected chi connectivity index (χ4v) is 4.58. The van der Waals surface area contributed by atoms with Gasteiger partial charge in [0.2, 0.25) is 10.0 Å². The zero-order chi connectivity index (χ0) is 27.0. The van der Waals surface area contributed by atoms with E-state index >= 15 is 0 Å². The normalized spacial score (nSPS) is 15.3. The summed E-state index contributed by atoms with van der Waals surface area (Å²) >= 11 is 0. The largest absolute Gasteiger partial charge is 0.497 e. The highest BCUT2D eigenvalue weighted by Gasteiger charge is 2.33. The van der Waals surface area contributed by atoms with Crippen molar-refractivity contribution in [1.29, 1.82) is 0 Å². The van der Waals surface area contributed by atoms with Crippen LogP contribution < -0.4 is 9.46 Å². The summed E-state index contributed by atoms with van der Waals surface area (Å²) in [4.78, 5) is 25.3. The van der Waals surface area contributed by atoms with E-state index in [4.69, 9.17) is 9.47 Å². The first kappa shape index (κ1) is 26.8. The molecule has 0 unspecified atom stereocenters. The summed E-state index contributed by atoms with van der Waals surface area (Å²) in [6.07, 6.45) is 1.88. The molecule has 4 rings (SSSR count). The van der Waals surface area contributed by atoms with E-state index in [2.05, 4.69) is 9.82 Å². The Morgan fingerprint density at radius 1 is 1.00 bits per heavy atom. The van der Waals surface area contributed by atoms with Crippen molar-refractivity contribution in [1.82, 2.24) is 9.73 Å². The van der Waals surface area contributed by atoms with Crippen LogP contribution in [0.5, 0.6) is 5.75 Å². The number of methoxy groups -OCH3 is 1. The maximum Gasteiger partial charge on any atom is 0.321 e. The van der Waals surface area contributed by atoms with Gasteiger partial charge in [0.15, 0.2) is 6.61 Å². The van der Waals surface area contributed by atoms with Crippen molar-refractivity contribution >= 4 is 33.7 Å². The number of sulfonamides is 1. The first-order chi connectivity index (χ1) is 18.3. The molecule has 1 N–H and O–H groups in total. The van der Waals surface area contributed by atoms with Crippen LogP contribution in [0.4, 0.5) is 0 Å². The molecule has 9 nitrogen and oxygen atoms in total. The molecule has 1 amide bonds. The molecule has 1 aliphatic rings. The SMILES string of the molecule is COc1ccc([C@@H]2CC(c3ccccc3)=NN2C(=O)COC(=O)CNS(=O)(=O)/C=C/c2ccccc2)cc1. The summed E-state index contributed by atoms with van der Waals surface area (Å²) in [5.41, 5.74) is 3.15. The third-order valence-corrected chi connectivity index (χ3v) is 6.83. The van der Waals surface area contributed by atoms with E-state index in [0.29, 0.717) is 17.7 Å². The Balaban J connectivity index is 1.38. The van der Waals surface area contributed by atoms with E-state index in [1.165, 1.54) is 11.1 Å². The van der Waals surface area contributed by atoms with Gasteiger partial charge in [-0.25, -0.2) is 18.1 Å². The number of nitrogens with one attached hydrogen (secondary N) is 1. The van der Waals surface area contributed by atoms with Gasteiger partial charge in [0.1, 0.15) is 12.3 Å². The van der Waals surface area contributed by atoms with Crippen LogP contribution in [0, 0.1) is 0 Å². The van der Waals surface area contributed by atoms with Crippen LogP contribution in [-0.2, 0) is 24.3 Å². The predicted octanol–water partition coefficient (Wildman–Crippen LogP) is 3.51. The molecule has 0 fully saturated rings. The lowest BCUT2D eigenvalue weighted by atomic mass is 9.98. The Hall–Kier alpha value is -4.28. The molecular formula is C28H27N3O6S. The molecule has 1 heterocycles. The van der Waals surface area contributed by atoms with Crippen LogP contribution in [0.1, 0.15) is 29.2 Å². The van der Waals surface area contributed by atoms with Crippen molar-refractivity contribution < 1.29 is 27.5 Å². The Bertz CT molecular complexity index is 1420. The fourth-order valence-electron chi connectivity index (χ4n) is 3.83. The maximum absolute atomic E-state index is 13.1. The number of ether oxygens (including phenoxy) is 2. The number of hydrogen-bond donors (Lipinski definition) is 1. The van der Waals surface area contributed by atoms with Gasteiger partial charge in [-0.05, 0) is 34.9 Å². The molecule has 0 aliphatic carbocycles. The molecule has 0 aromatic heterocycles. The Morgan fingerprint density at radius 2 is 1.66 bits per heavy atom. The topological polar surface area (TPSA) is 114 Å². The molecule has 38 heavy (non-hydrogen) atoms. The molecule has 0 saturated heterocycles. The van der Waals surface area contributed by atoms with E-state index < -0.39 is 41.1 Å². The third kappa shape index (κ3) is 7.15.